The second-order valence-corrected chi connectivity index (χ2v) is 4.68. The molecule has 0 aromatic heterocycles. The second-order valence-electron chi connectivity index (χ2n) is 4.68. The Morgan fingerprint density at radius 2 is 1.62 bits per heavy atom. The Morgan fingerprint density at radius 3 is 2.08 bits per heavy atom. The van der Waals surface area contributed by atoms with E-state index in [1.165, 1.54) is 26.1 Å². The summed E-state index contributed by atoms with van der Waals surface area (Å²) in [6, 6.07) is 0. The lowest BCUT2D eigenvalue weighted by Gasteiger charge is -2.30. The van der Waals surface area contributed by atoms with E-state index in [4.69, 9.17) is 5.73 Å². The van der Waals surface area contributed by atoms with Crippen LogP contribution in [0.5, 0.6) is 0 Å². The third kappa shape index (κ3) is 8.22. The number of rotatable bonds is 7. The zero-order valence-electron chi connectivity index (χ0n) is 9.71. The predicted molar refractivity (Wildman–Crippen MR) is 58.7 cm³/mol. The molecular weight excluding hydrogens is 162 g/mol. The fourth-order valence-corrected chi connectivity index (χ4v) is 1.45. The van der Waals surface area contributed by atoms with E-state index in [9.17, 15) is 0 Å². The van der Waals surface area contributed by atoms with Crippen molar-refractivity contribution in [1.82, 2.24) is 4.90 Å². The molecule has 0 rings (SSSR count). The topological polar surface area (TPSA) is 29.3 Å². The van der Waals surface area contributed by atoms with Crippen LogP contribution in [0.25, 0.3) is 0 Å². The van der Waals surface area contributed by atoms with Crippen molar-refractivity contribution in [3.8, 4) is 0 Å². The number of nitrogens with two attached hydrogens (primary N) is 1. The molecule has 0 saturated heterocycles. The Morgan fingerprint density at radius 1 is 1.08 bits per heavy atom. The van der Waals surface area contributed by atoms with Gasteiger partial charge >= 0.3 is 0 Å². The van der Waals surface area contributed by atoms with E-state index in [-0.39, 0.29) is 0 Å². The van der Waals surface area contributed by atoms with Gasteiger partial charge in [-0.3, -0.25) is 0 Å². The monoisotopic (exact) mass is 188 g/mol. The van der Waals surface area contributed by atoms with Gasteiger partial charge in [0, 0.05) is 19.4 Å². The Kier molecular flexibility index (Phi) is 6.29. The number of hydrogen-bond donors (Lipinski definition) is 1. The van der Waals surface area contributed by atoms with Gasteiger partial charge in [-0.05, 0) is 20.6 Å². The lowest BCUT2D eigenvalue weighted by molar-refractivity contribution is -0.890. The minimum Gasteiger partial charge on any atom is -0.330 e. The van der Waals surface area contributed by atoms with E-state index in [2.05, 4.69) is 33.1 Å². The molecular formula is C10H26N3+. The molecule has 0 heterocycles. The quantitative estimate of drug-likeness (QED) is 0.585. The maximum Gasteiger partial charge on any atom is 0.0794 e. The van der Waals surface area contributed by atoms with Crippen LogP contribution in [0.15, 0.2) is 0 Å². The molecule has 0 saturated carbocycles. The van der Waals surface area contributed by atoms with Gasteiger partial charge in [-0.25, -0.2) is 0 Å². The lowest BCUT2D eigenvalue weighted by atomic mass is 10.3. The van der Waals surface area contributed by atoms with Crippen LogP contribution in [0.3, 0.4) is 0 Å². The van der Waals surface area contributed by atoms with E-state index in [0.29, 0.717) is 0 Å². The molecule has 0 spiro atoms. The van der Waals surface area contributed by atoms with E-state index < -0.39 is 0 Å². The maximum absolute atomic E-state index is 5.49. The van der Waals surface area contributed by atoms with Gasteiger partial charge in [0.1, 0.15) is 0 Å². The maximum atomic E-state index is 5.49. The lowest BCUT2D eigenvalue weighted by Crippen LogP contribution is -2.42. The minimum absolute atomic E-state index is 0.815. The van der Waals surface area contributed by atoms with Crippen LogP contribution in [0.4, 0.5) is 0 Å². The zero-order chi connectivity index (χ0) is 10.3. The van der Waals surface area contributed by atoms with Gasteiger partial charge in [-0.15, -0.1) is 0 Å². The molecule has 0 amide bonds. The Labute approximate surface area is 83.1 Å². The first kappa shape index (κ1) is 12.9. The van der Waals surface area contributed by atoms with E-state index in [0.717, 1.165) is 17.4 Å². The average molecular weight is 188 g/mol. The largest absolute Gasteiger partial charge is 0.330 e. The van der Waals surface area contributed by atoms with Crippen molar-refractivity contribution in [2.45, 2.75) is 12.8 Å². The molecule has 2 N–H and O–H groups in total. The van der Waals surface area contributed by atoms with E-state index in [1.54, 1.807) is 0 Å². The normalized spacial score (nSPS) is 12.5. The average Bonchev–Trinajstić information content (AvgIpc) is 2.00. The highest BCUT2D eigenvalue weighted by atomic mass is 15.3. The molecule has 0 atom stereocenters. The highest BCUT2D eigenvalue weighted by Crippen LogP contribution is 2.00. The number of nitrogens with zero attached hydrogens (tertiary/aromatic N) is 2. The van der Waals surface area contributed by atoms with Gasteiger partial charge in [0.15, 0.2) is 0 Å². The SMILES string of the molecule is CN(C)CCC[N+](C)(C)CCCN. The molecule has 3 heteroatoms. The van der Waals surface area contributed by atoms with Gasteiger partial charge < -0.3 is 15.1 Å². The number of quaternary nitrogens is 1. The van der Waals surface area contributed by atoms with Crippen LogP contribution in [-0.4, -0.2) is 63.8 Å². The molecule has 0 bridgehead atoms. The Hall–Kier alpha value is -0.120. The minimum atomic E-state index is 0.815. The van der Waals surface area contributed by atoms with Crippen LogP contribution in [0, 0.1) is 0 Å². The summed E-state index contributed by atoms with van der Waals surface area (Å²) < 4.78 is 1.10. The molecule has 0 aromatic rings. The summed E-state index contributed by atoms with van der Waals surface area (Å²) in [5, 5.41) is 0. The predicted octanol–water partition coefficient (Wildman–Crippen LogP) is 0.363. The third-order valence-electron chi connectivity index (χ3n) is 2.34. The molecule has 3 nitrogen and oxygen atoms in total. The molecule has 0 aliphatic rings. The van der Waals surface area contributed by atoms with Crippen molar-refractivity contribution in [3.05, 3.63) is 0 Å². The summed E-state index contributed by atoms with van der Waals surface area (Å²) >= 11 is 0. The van der Waals surface area contributed by atoms with E-state index >= 15 is 0 Å². The summed E-state index contributed by atoms with van der Waals surface area (Å²) in [7, 11) is 8.82. The molecule has 0 fully saturated rings. The molecule has 0 aliphatic heterocycles. The Bertz CT molecular complexity index is 121. The van der Waals surface area contributed by atoms with Crippen LogP contribution in [0.1, 0.15) is 12.8 Å². The van der Waals surface area contributed by atoms with Gasteiger partial charge in [0.2, 0.25) is 0 Å². The zero-order valence-corrected chi connectivity index (χ0v) is 9.71. The van der Waals surface area contributed by atoms with Gasteiger partial charge in [0.05, 0.1) is 27.2 Å². The summed E-state index contributed by atoms with van der Waals surface area (Å²) in [4.78, 5) is 2.24. The third-order valence-corrected chi connectivity index (χ3v) is 2.34. The van der Waals surface area contributed by atoms with Crippen LogP contribution in [-0.2, 0) is 0 Å². The fraction of sp³-hybridized carbons (Fsp3) is 1.00. The molecule has 0 aromatic carbocycles. The first-order valence-corrected chi connectivity index (χ1v) is 5.15. The molecule has 0 aliphatic carbocycles. The molecule has 80 valence electrons. The van der Waals surface area contributed by atoms with Crippen molar-refractivity contribution in [1.29, 1.82) is 0 Å². The van der Waals surface area contributed by atoms with E-state index in [1.807, 2.05) is 0 Å². The summed E-state index contributed by atoms with van der Waals surface area (Å²) in [5.74, 6) is 0. The second kappa shape index (κ2) is 6.35. The summed E-state index contributed by atoms with van der Waals surface area (Å²) in [5.41, 5.74) is 5.49. The molecule has 0 unspecified atom stereocenters. The fourth-order valence-electron chi connectivity index (χ4n) is 1.45. The summed E-state index contributed by atoms with van der Waals surface area (Å²) in [6.45, 7) is 4.45. The standard InChI is InChI=1S/C10H26N3/c1-12(2)8-6-10-13(3,4)9-5-7-11/h5-11H2,1-4H3/q+1. The van der Waals surface area contributed by atoms with Gasteiger partial charge in [-0.1, -0.05) is 0 Å². The van der Waals surface area contributed by atoms with Gasteiger partial charge in [0.25, 0.3) is 0 Å². The van der Waals surface area contributed by atoms with Crippen LogP contribution < -0.4 is 5.73 Å². The van der Waals surface area contributed by atoms with Crippen LogP contribution >= 0.6 is 0 Å². The van der Waals surface area contributed by atoms with Crippen molar-refractivity contribution in [2.24, 2.45) is 5.73 Å². The molecule has 13 heavy (non-hydrogen) atoms. The first-order valence-electron chi connectivity index (χ1n) is 5.15. The Balaban J connectivity index is 3.50. The molecule has 0 radical (unpaired) electrons. The highest BCUT2D eigenvalue weighted by molar-refractivity contribution is 4.44. The van der Waals surface area contributed by atoms with Crippen molar-refractivity contribution < 1.29 is 4.48 Å². The smallest absolute Gasteiger partial charge is 0.0794 e. The summed E-state index contributed by atoms with van der Waals surface area (Å²) in [6.07, 6.45) is 2.40. The van der Waals surface area contributed by atoms with Crippen molar-refractivity contribution in [2.75, 3.05) is 54.4 Å². The van der Waals surface area contributed by atoms with Crippen molar-refractivity contribution >= 4 is 0 Å². The van der Waals surface area contributed by atoms with Crippen LogP contribution in [0.2, 0.25) is 0 Å². The first-order chi connectivity index (χ1) is 5.98. The van der Waals surface area contributed by atoms with Crippen molar-refractivity contribution in [3.63, 3.8) is 0 Å². The number of hydrogen-bond acceptors (Lipinski definition) is 2. The highest BCUT2D eigenvalue weighted by Gasteiger charge is 2.13. The van der Waals surface area contributed by atoms with Gasteiger partial charge in [-0.2, -0.15) is 0 Å².